The first-order valence-electron chi connectivity index (χ1n) is 10.0. The van der Waals surface area contributed by atoms with Gasteiger partial charge >= 0.3 is 0 Å². The van der Waals surface area contributed by atoms with Gasteiger partial charge in [-0.1, -0.05) is 24.3 Å². The molecule has 1 N–H and O–H groups in total. The van der Waals surface area contributed by atoms with Crippen LogP contribution in [-0.2, 0) is 17.9 Å². The van der Waals surface area contributed by atoms with Gasteiger partial charge in [0.05, 0.1) is 6.61 Å². The van der Waals surface area contributed by atoms with Crippen molar-refractivity contribution in [2.24, 2.45) is 0 Å². The fourth-order valence-electron chi connectivity index (χ4n) is 4.38. The number of halogens is 1. The number of hydrogen-bond acceptors (Lipinski definition) is 4. The first-order chi connectivity index (χ1) is 13.6. The molecule has 2 aromatic carbocycles. The molecular weight excluding hydrogens is 355 g/mol. The number of hydrogen-bond donors (Lipinski definition) is 1. The van der Waals surface area contributed by atoms with Gasteiger partial charge in [0.15, 0.2) is 0 Å². The largest absolute Gasteiger partial charge is 0.487 e. The minimum atomic E-state index is -0.215. The summed E-state index contributed by atoms with van der Waals surface area (Å²) in [5.41, 5.74) is 2.78. The number of rotatable bonds is 5. The Bertz CT molecular complexity index is 818. The molecule has 0 bridgehead atoms. The molecule has 5 heteroatoms. The number of nitrogens with zero attached hydrogens (tertiary/aromatic N) is 1. The SMILES string of the molecule is COCc1cc(CNC2CC3(CCN(C)CC3)Oc3ccccc32)ccc1F. The zero-order chi connectivity index (χ0) is 19.6. The lowest BCUT2D eigenvalue weighted by Gasteiger charge is -2.46. The maximum absolute atomic E-state index is 13.9. The number of likely N-dealkylation sites (tertiary alicyclic amines) is 1. The number of para-hydroxylation sites is 1. The average molecular weight is 384 g/mol. The van der Waals surface area contributed by atoms with Gasteiger partial charge in [-0.25, -0.2) is 4.39 Å². The van der Waals surface area contributed by atoms with Crippen LogP contribution in [0.1, 0.15) is 42.0 Å². The summed E-state index contributed by atoms with van der Waals surface area (Å²) in [5, 5.41) is 3.71. The average Bonchev–Trinajstić information content (AvgIpc) is 2.71. The molecule has 2 aliphatic heterocycles. The molecule has 0 radical (unpaired) electrons. The molecule has 2 heterocycles. The molecule has 0 amide bonds. The third kappa shape index (κ3) is 4.07. The molecule has 2 aliphatic rings. The van der Waals surface area contributed by atoms with Crippen LogP contribution in [0.2, 0.25) is 0 Å². The maximum Gasteiger partial charge on any atom is 0.128 e. The van der Waals surface area contributed by atoms with E-state index in [2.05, 4.69) is 35.5 Å². The Hall–Kier alpha value is -1.95. The van der Waals surface area contributed by atoms with Crippen LogP contribution in [0.25, 0.3) is 0 Å². The smallest absolute Gasteiger partial charge is 0.128 e. The van der Waals surface area contributed by atoms with Crippen molar-refractivity contribution in [2.45, 2.75) is 44.1 Å². The van der Waals surface area contributed by atoms with E-state index in [0.717, 1.165) is 43.7 Å². The second-order valence-electron chi connectivity index (χ2n) is 8.12. The lowest BCUT2D eigenvalue weighted by atomic mass is 9.80. The Kier molecular flexibility index (Phi) is 5.67. The van der Waals surface area contributed by atoms with E-state index in [4.69, 9.17) is 9.47 Å². The van der Waals surface area contributed by atoms with Gasteiger partial charge in [-0.15, -0.1) is 0 Å². The maximum atomic E-state index is 13.9. The topological polar surface area (TPSA) is 33.7 Å². The van der Waals surface area contributed by atoms with Crippen molar-refractivity contribution >= 4 is 0 Å². The monoisotopic (exact) mass is 384 g/mol. The highest BCUT2D eigenvalue weighted by Crippen LogP contribution is 2.44. The quantitative estimate of drug-likeness (QED) is 0.843. The molecule has 1 fully saturated rings. The summed E-state index contributed by atoms with van der Waals surface area (Å²) < 4.78 is 25.5. The van der Waals surface area contributed by atoms with Crippen LogP contribution in [-0.4, -0.2) is 37.7 Å². The summed E-state index contributed by atoms with van der Waals surface area (Å²) in [6.45, 7) is 3.10. The number of ether oxygens (including phenoxy) is 2. The molecule has 1 atom stereocenters. The highest BCUT2D eigenvalue weighted by atomic mass is 19.1. The van der Waals surface area contributed by atoms with Crippen molar-refractivity contribution in [3.8, 4) is 5.75 Å². The van der Waals surface area contributed by atoms with Gasteiger partial charge in [-0.2, -0.15) is 0 Å². The van der Waals surface area contributed by atoms with Crippen molar-refractivity contribution in [3.05, 3.63) is 65.0 Å². The van der Waals surface area contributed by atoms with E-state index in [1.54, 1.807) is 7.11 Å². The summed E-state index contributed by atoms with van der Waals surface area (Å²) in [6, 6.07) is 13.8. The van der Waals surface area contributed by atoms with E-state index in [1.807, 2.05) is 18.2 Å². The minimum Gasteiger partial charge on any atom is -0.487 e. The summed E-state index contributed by atoms with van der Waals surface area (Å²) in [6.07, 6.45) is 3.05. The summed E-state index contributed by atoms with van der Waals surface area (Å²) in [7, 11) is 3.76. The van der Waals surface area contributed by atoms with Crippen LogP contribution >= 0.6 is 0 Å². The van der Waals surface area contributed by atoms with Crippen molar-refractivity contribution < 1.29 is 13.9 Å². The molecule has 150 valence electrons. The summed E-state index contributed by atoms with van der Waals surface area (Å²) in [5.74, 6) is 0.780. The van der Waals surface area contributed by atoms with Gasteiger partial charge < -0.3 is 19.7 Å². The Morgan fingerprint density at radius 3 is 2.79 bits per heavy atom. The second-order valence-corrected chi connectivity index (χ2v) is 8.12. The number of benzene rings is 2. The normalized spacial score (nSPS) is 21.3. The zero-order valence-electron chi connectivity index (χ0n) is 16.7. The predicted molar refractivity (Wildman–Crippen MR) is 108 cm³/mol. The van der Waals surface area contributed by atoms with Crippen molar-refractivity contribution in [1.82, 2.24) is 10.2 Å². The van der Waals surface area contributed by atoms with E-state index in [9.17, 15) is 4.39 Å². The Morgan fingerprint density at radius 2 is 2.00 bits per heavy atom. The molecule has 0 aromatic heterocycles. The molecule has 2 aromatic rings. The lowest BCUT2D eigenvalue weighted by Crippen LogP contribution is -2.51. The van der Waals surface area contributed by atoms with E-state index in [0.29, 0.717) is 12.1 Å². The second kappa shape index (κ2) is 8.19. The summed E-state index contributed by atoms with van der Waals surface area (Å²) in [4.78, 5) is 2.37. The van der Waals surface area contributed by atoms with Gasteiger partial charge in [0.1, 0.15) is 17.2 Å². The minimum absolute atomic E-state index is 0.0947. The van der Waals surface area contributed by atoms with Gasteiger partial charge in [0.25, 0.3) is 0 Å². The Labute approximate surface area is 166 Å². The Balaban J connectivity index is 1.52. The fourth-order valence-corrected chi connectivity index (χ4v) is 4.38. The molecule has 1 spiro atoms. The number of fused-ring (bicyclic) bond motifs is 1. The first-order valence-corrected chi connectivity index (χ1v) is 10.0. The van der Waals surface area contributed by atoms with Gasteiger partial charge in [-0.3, -0.25) is 0 Å². The van der Waals surface area contributed by atoms with Crippen LogP contribution < -0.4 is 10.1 Å². The van der Waals surface area contributed by atoms with Gasteiger partial charge in [-0.05, 0) is 43.7 Å². The molecule has 4 rings (SSSR count). The predicted octanol–water partition coefficient (Wildman–Crippen LogP) is 4.05. The number of piperidine rings is 1. The van der Waals surface area contributed by atoms with Gasteiger partial charge in [0.2, 0.25) is 0 Å². The lowest BCUT2D eigenvalue weighted by molar-refractivity contribution is -0.0204. The molecule has 0 aliphatic carbocycles. The third-order valence-electron chi connectivity index (χ3n) is 6.06. The van der Waals surface area contributed by atoms with E-state index in [-0.39, 0.29) is 24.1 Å². The van der Waals surface area contributed by atoms with Crippen LogP contribution in [0.4, 0.5) is 4.39 Å². The van der Waals surface area contributed by atoms with Crippen molar-refractivity contribution in [3.63, 3.8) is 0 Å². The first kappa shape index (κ1) is 19.4. The fraction of sp³-hybridized carbons (Fsp3) is 0.478. The summed E-state index contributed by atoms with van der Waals surface area (Å²) >= 11 is 0. The third-order valence-corrected chi connectivity index (χ3v) is 6.06. The number of methoxy groups -OCH3 is 1. The van der Waals surface area contributed by atoms with E-state index >= 15 is 0 Å². The molecule has 28 heavy (non-hydrogen) atoms. The molecule has 1 saturated heterocycles. The van der Waals surface area contributed by atoms with Crippen molar-refractivity contribution in [1.29, 1.82) is 0 Å². The van der Waals surface area contributed by atoms with Crippen LogP contribution in [0.5, 0.6) is 5.75 Å². The van der Waals surface area contributed by atoms with E-state index in [1.165, 1.54) is 11.6 Å². The van der Waals surface area contributed by atoms with Crippen molar-refractivity contribution in [2.75, 3.05) is 27.2 Å². The number of nitrogens with one attached hydrogen (secondary N) is 1. The highest BCUT2D eigenvalue weighted by Gasteiger charge is 2.42. The Morgan fingerprint density at radius 1 is 1.21 bits per heavy atom. The van der Waals surface area contributed by atoms with Gasteiger partial charge in [0, 0.05) is 50.3 Å². The molecular formula is C23H29FN2O2. The van der Waals surface area contributed by atoms with E-state index < -0.39 is 0 Å². The van der Waals surface area contributed by atoms with Crippen LogP contribution in [0.15, 0.2) is 42.5 Å². The van der Waals surface area contributed by atoms with Crippen LogP contribution in [0.3, 0.4) is 0 Å². The molecule has 0 saturated carbocycles. The zero-order valence-corrected chi connectivity index (χ0v) is 16.7. The molecule has 4 nitrogen and oxygen atoms in total. The molecule has 1 unspecified atom stereocenters. The standard InChI is InChI=1S/C23H29FN2O2/c1-26-11-9-23(10-12-26)14-21(19-5-3-4-6-22(19)28-23)25-15-17-7-8-20(24)18(13-17)16-27-2/h3-8,13,21,25H,9-12,14-16H2,1-2H3. The highest BCUT2D eigenvalue weighted by molar-refractivity contribution is 5.39. The van der Waals surface area contributed by atoms with Crippen LogP contribution in [0, 0.1) is 5.82 Å².